The van der Waals surface area contributed by atoms with E-state index in [4.69, 9.17) is 4.74 Å². The van der Waals surface area contributed by atoms with Crippen LogP contribution >= 0.6 is 0 Å². The molecule has 0 radical (unpaired) electrons. The molecule has 1 aromatic heterocycles. The van der Waals surface area contributed by atoms with E-state index in [2.05, 4.69) is 27.9 Å². The molecule has 1 aliphatic rings. The molecule has 1 heterocycles. The van der Waals surface area contributed by atoms with E-state index >= 15 is 0 Å². The summed E-state index contributed by atoms with van der Waals surface area (Å²) < 4.78 is 6.75. The molecule has 2 atom stereocenters. The molecule has 2 aromatic carbocycles. The van der Waals surface area contributed by atoms with Gasteiger partial charge in [-0.25, -0.2) is 9.59 Å². The standard InChI is InChI=1S/C26H28N4O5/c1-4-15(2)23(24(31)27-22-13-21(25(32)33)30(3)29-22)28-26(34)35-14-20-18-11-7-5-9-16(18)17-10-6-8-12-19(17)20/h5-13,15,20,23H,4,14H2,1-3H3,(H,28,34)(H,32,33)(H,27,29,31)/t15?,23-/m0/s1. The van der Waals surface area contributed by atoms with Crippen LogP contribution in [0.25, 0.3) is 11.1 Å². The maximum absolute atomic E-state index is 12.9. The Balaban J connectivity index is 1.44. The van der Waals surface area contributed by atoms with Crippen molar-refractivity contribution in [3.63, 3.8) is 0 Å². The number of aromatic nitrogens is 2. The molecule has 9 heteroatoms. The number of carbonyl (C=O) groups is 3. The van der Waals surface area contributed by atoms with Crippen LogP contribution in [0.2, 0.25) is 0 Å². The molecule has 1 aliphatic carbocycles. The molecule has 182 valence electrons. The lowest BCUT2D eigenvalue weighted by molar-refractivity contribution is -0.119. The molecule has 35 heavy (non-hydrogen) atoms. The van der Waals surface area contributed by atoms with Crippen molar-refractivity contribution < 1.29 is 24.2 Å². The predicted molar refractivity (Wildman–Crippen MR) is 130 cm³/mol. The van der Waals surface area contributed by atoms with Gasteiger partial charge in [0.15, 0.2) is 5.82 Å². The number of carboxylic acids is 1. The maximum atomic E-state index is 12.9. The average Bonchev–Trinajstić information content (AvgIpc) is 3.38. The van der Waals surface area contributed by atoms with Gasteiger partial charge in [0.2, 0.25) is 5.91 Å². The number of carboxylic acid groups (broad SMARTS) is 1. The van der Waals surface area contributed by atoms with Crippen molar-refractivity contribution in [2.75, 3.05) is 11.9 Å². The van der Waals surface area contributed by atoms with Gasteiger partial charge in [0, 0.05) is 19.0 Å². The number of ether oxygens (including phenoxy) is 1. The molecule has 0 bridgehead atoms. The van der Waals surface area contributed by atoms with Crippen molar-refractivity contribution in [2.45, 2.75) is 32.2 Å². The second kappa shape index (κ2) is 10.0. The molecule has 0 saturated heterocycles. The summed E-state index contributed by atoms with van der Waals surface area (Å²) in [5, 5.41) is 18.5. The lowest BCUT2D eigenvalue weighted by Crippen LogP contribution is -2.48. The number of alkyl carbamates (subject to hydrolysis) is 1. The van der Waals surface area contributed by atoms with Crippen LogP contribution < -0.4 is 10.6 Å². The highest BCUT2D eigenvalue weighted by atomic mass is 16.5. The van der Waals surface area contributed by atoms with Crippen LogP contribution in [0, 0.1) is 5.92 Å². The third-order valence-electron chi connectivity index (χ3n) is 6.46. The number of nitrogens with one attached hydrogen (secondary N) is 2. The number of fused-ring (bicyclic) bond motifs is 3. The number of anilines is 1. The summed E-state index contributed by atoms with van der Waals surface area (Å²) in [6.07, 6.45) is -0.0656. The topological polar surface area (TPSA) is 123 Å². The van der Waals surface area contributed by atoms with Gasteiger partial charge in [-0.1, -0.05) is 68.8 Å². The molecular weight excluding hydrogens is 448 g/mol. The molecule has 3 aromatic rings. The van der Waals surface area contributed by atoms with Crippen molar-refractivity contribution in [1.29, 1.82) is 0 Å². The van der Waals surface area contributed by atoms with Crippen LogP contribution in [-0.4, -0.2) is 45.5 Å². The number of hydrogen-bond donors (Lipinski definition) is 3. The third-order valence-corrected chi connectivity index (χ3v) is 6.46. The molecule has 0 saturated carbocycles. The molecule has 9 nitrogen and oxygen atoms in total. The van der Waals surface area contributed by atoms with E-state index in [9.17, 15) is 19.5 Å². The van der Waals surface area contributed by atoms with Crippen LogP contribution in [0.5, 0.6) is 0 Å². The summed E-state index contributed by atoms with van der Waals surface area (Å²) in [5.41, 5.74) is 4.39. The smallest absolute Gasteiger partial charge is 0.407 e. The summed E-state index contributed by atoms with van der Waals surface area (Å²) in [6, 6.07) is 16.5. The molecule has 0 aliphatic heterocycles. The number of carbonyl (C=O) groups excluding carboxylic acids is 2. The van der Waals surface area contributed by atoms with Gasteiger partial charge in [-0.05, 0) is 28.2 Å². The van der Waals surface area contributed by atoms with Gasteiger partial charge in [0.05, 0.1) is 0 Å². The van der Waals surface area contributed by atoms with Gasteiger partial charge in [0.1, 0.15) is 18.3 Å². The Hall–Kier alpha value is -4.14. The highest BCUT2D eigenvalue weighted by molar-refractivity contribution is 5.97. The molecule has 1 unspecified atom stereocenters. The van der Waals surface area contributed by atoms with E-state index < -0.39 is 24.0 Å². The Morgan fingerprint density at radius 1 is 1.09 bits per heavy atom. The minimum atomic E-state index is -1.16. The zero-order valence-corrected chi connectivity index (χ0v) is 19.8. The molecule has 0 spiro atoms. The summed E-state index contributed by atoms with van der Waals surface area (Å²) >= 11 is 0. The molecule has 0 fully saturated rings. The van der Waals surface area contributed by atoms with Gasteiger partial charge < -0.3 is 20.5 Å². The highest BCUT2D eigenvalue weighted by Gasteiger charge is 2.31. The quantitative estimate of drug-likeness (QED) is 0.452. The SMILES string of the molecule is CCC(C)[C@H](NC(=O)OCC1c2ccccc2-c2ccccc21)C(=O)Nc1cc(C(=O)O)n(C)n1. The van der Waals surface area contributed by atoms with E-state index in [1.54, 1.807) is 0 Å². The van der Waals surface area contributed by atoms with E-state index in [0.717, 1.165) is 26.9 Å². The fourth-order valence-corrected chi connectivity index (χ4v) is 4.40. The second-order valence-electron chi connectivity index (χ2n) is 8.67. The first-order valence-electron chi connectivity index (χ1n) is 11.5. The Kier molecular flexibility index (Phi) is 6.86. The largest absolute Gasteiger partial charge is 0.477 e. The zero-order valence-electron chi connectivity index (χ0n) is 19.8. The Morgan fingerprint density at radius 2 is 1.69 bits per heavy atom. The van der Waals surface area contributed by atoms with Gasteiger partial charge in [0.25, 0.3) is 0 Å². The van der Waals surface area contributed by atoms with Gasteiger partial charge in [-0.3, -0.25) is 9.48 Å². The molecule has 2 amide bonds. The minimum Gasteiger partial charge on any atom is -0.477 e. The third kappa shape index (κ3) is 4.89. The monoisotopic (exact) mass is 476 g/mol. The Morgan fingerprint density at radius 3 is 2.23 bits per heavy atom. The van der Waals surface area contributed by atoms with Crippen molar-refractivity contribution in [1.82, 2.24) is 15.1 Å². The van der Waals surface area contributed by atoms with E-state index in [0.29, 0.717) is 6.42 Å². The predicted octanol–water partition coefficient (Wildman–Crippen LogP) is 4.01. The fraction of sp³-hybridized carbons (Fsp3) is 0.308. The van der Waals surface area contributed by atoms with Crippen molar-refractivity contribution in [3.8, 4) is 11.1 Å². The number of hydrogen-bond acceptors (Lipinski definition) is 5. The number of aryl methyl sites for hydroxylation is 1. The van der Waals surface area contributed by atoms with E-state index in [1.807, 2.05) is 50.2 Å². The van der Waals surface area contributed by atoms with Gasteiger partial charge >= 0.3 is 12.1 Å². The number of benzene rings is 2. The van der Waals surface area contributed by atoms with E-state index in [-0.39, 0.29) is 30.0 Å². The Labute approximate surface area is 203 Å². The first kappa shape index (κ1) is 24.0. The van der Waals surface area contributed by atoms with Crippen LogP contribution in [0.1, 0.15) is 47.8 Å². The molecule has 4 rings (SSSR count). The number of rotatable bonds is 8. The number of aromatic carboxylic acids is 1. The van der Waals surface area contributed by atoms with Crippen LogP contribution in [0.4, 0.5) is 10.6 Å². The summed E-state index contributed by atoms with van der Waals surface area (Å²) in [7, 11) is 1.47. The summed E-state index contributed by atoms with van der Waals surface area (Å²) in [5.74, 6) is -1.85. The molecule has 3 N–H and O–H groups in total. The first-order valence-corrected chi connectivity index (χ1v) is 11.5. The highest BCUT2D eigenvalue weighted by Crippen LogP contribution is 2.44. The fourth-order valence-electron chi connectivity index (χ4n) is 4.40. The van der Waals surface area contributed by atoms with Crippen LogP contribution in [0.3, 0.4) is 0 Å². The lowest BCUT2D eigenvalue weighted by atomic mass is 9.98. The van der Waals surface area contributed by atoms with Crippen LogP contribution in [0.15, 0.2) is 54.6 Å². The van der Waals surface area contributed by atoms with Gasteiger partial charge in [-0.2, -0.15) is 5.10 Å². The normalized spacial score (nSPS) is 13.9. The maximum Gasteiger partial charge on any atom is 0.407 e. The van der Waals surface area contributed by atoms with Gasteiger partial charge in [-0.15, -0.1) is 0 Å². The second-order valence-corrected chi connectivity index (χ2v) is 8.67. The lowest BCUT2D eigenvalue weighted by Gasteiger charge is -2.23. The Bertz CT molecular complexity index is 1220. The first-order chi connectivity index (χ1) is 16.8. The van der Waals surface area contributed by atoms with Crippen molar-refractivity contribution in [3.05, 3.63) is 71.4 Å². The molecular formula is C26H28N4O5. The van der Waals surface area contributed by atoms with E-state index in [1.165, 1.54) is 13.1 Å². The number of nitrogens with zero attached hydrogens (tertiary/aromatic N) is 2. The number of amides is 2. The van der Waals surface area contributed by atoms with Crippen molar-refractivity contribution >= 4 is 23.8 Å². The van der Waals surface area contributed by atoms with Crippen LogP contribution in [-0.2, 0) is 16.6 Å². The zero-order chi connectivity index (χ0) is 25.1. The van der Waals surface area contributed by atoms with Crippen molar-refractivity contribution in [2.24, 2.45) is 13.0 Å². The minimum absolute atomic E-state index is 0.0649. The summed E-state index contributed by atoms with van der Waals surface area (Å²) in [6.45, 7) is 3.89. The average molecular weight is 477 g/mol. The summed E-state index contributed by atoms with van der Waals surface area (Å²) in [4.78, 5) is 36.9.